The van der Waals surface area contributed by atoms with Crippen molar-refractivity contribution in [2.24, 2.45) is 0 Å². The first-order valence-electron chi connectivity index (χ1n) is 5.79. The highest BCUT2D eigenvalue weighted by Crippen LogP contribution is 2.29. The largest absolute Gasteiger partial charge is 0.493 e. The van der Waals surface area contributed by atoms with E-state index in [0.717, 1.165) is 22.1 Å². The molecule has 0 aliphatic heterocycles. The summed E-state index contributed by atoms with van der Waals surface area (Å²) in [4.78, 5) is 9.83. The third kappa shape index (κ3) is 2.79. The van der Waals surface area contributed by atoms with Gasteiger partial charge in [0.25, 0.3) is 0 Å². The predicted molar refractivity (Wildman–Crippen MR) is 74.4 cm³/mol. The van der Waals surface area contributed by atoms with Gasteiger partial charge in [0, 0.05) is 16.8 Å². The van der Waals surface area contributed by atoms with Gasteiger partial charge in [0.2, 0.25) is 0 Å². The van der Waals surface area contributed by atoms with Crippen molar-refractivity contribution in [3.63, 3.8) is 0 Å². The Bertz CT molecular complexity index is 539. The number of thiazole rings is 1. The highest BCUT2D eigenvalue weighted by Gasteiger charge is 2.12. The number of hydrogen-bond donors (Lipinski definition) is 1. The van der Waals surface area contributed by atoms with Crippen LogP contribution in [0.25, 0.3) is 0 Å². The fourth-order valence-electron chi connectivity index (χ4n) is 1.69. The van der Waals surface area contributed by atoms with E-state index in [9.17, 15) is 0 Å². The second-order valence-electron chi connectivity index (χ2n) is 4.20. The summed E-state index contributed by atoms with van der Waals surface area (Å²) in [5.74, 6) is 0.751. The molecule has 0 aromatic carbocycles. The summed E-state index contributed by atoms with van der Waals surface area (Å²) >= 11 is 1.70. The van der Waals surface area contributed by atoms with E-state index in [2.05, 4.69) is 29.1 Å². The Balaban J connectivity index is 2.20. The van der Waals surface area contributed by atoms with E-state index in [0.29, 0.717) is 0 Å². The molecule has 2 heterocycles. The Morgan fingerprint density at radius 2 is 2.06 bits per heavy atom. The van der Waals surface area contributed by atoms with Crippen LogP contribution in [0.15, 0.2) is 18.5 Å². The SMILES string of the molecule is COc1cnc(C)cc1NC(C)c1ncc(C)s1. The summed E-state index contributed by atoms with van der Waals surface area (Å²) < 4.78 is 5.30. The van der Waals surface area contributed by atoms with Gasteiger partial charge in [-0.15, -0.1) is 11.3 Å². The molecule has 4 nitrogen and oxygen atoms in total. The van der Waals surface area contributed by atoms with Gasteiger partial charge in [-0.3, -0.25) is 4.98 Å². The van der Waals surface area contributed by atoms with Gasteiger partial charge >= 0.3 is 0 Å². The summed E-state index contributed by atoms with van der Waals surface area (Å²) in [6.07, 6.45) is 3.63. The first kappa shape index (κ1) is 12.8. The summed E-state index contributed by atoms with van der Waals surface area (Å²) in [7, 11) is 1.65. The van der Waals surface area contributed by atoms with Crippen molar-refractivity contribution < 1.29 is 4.74 Å². The number of ether oxygens (including phenoxy) is 1. The van der Waals surface area contributed by atoms with Crippen LogP contribution in [0.4, 0.5) is 5.69 Å². The van der Waals surface area contributed by atoms with Crippen molar-refractivity contribution in [1.29, 1.82) is 0 Å². The molecular formula is C13H17N3OS. The number of aryl methyl sites for hydroxylation is 2. The molecule has 2 aromatic heterocycles. The third-order valence-corrected chi connectivity index (χ3v) is 3.70. The average Bonchev–Trinajstić information content (AvgIpc) is 2.76. The first-order valence-corrected chi connectivity index (χ1v) is 6.61. The van der Waals surface area contributed by atoms with Crippen LogP contribution in [0.3, 0.4) is 0 Å². The Morgan fingerprint density at radius 3 is 2.67 bits per heavy atom. The zero-order chi connectivity index (χ0) is 13.1. The van der Waals surface area contributed by atoms with Crippen molar-refractivity contribution in [3.8, 4) is 5.75 Å². The summed E-state index contributed by atoms with van der Waals surface area (Å²) in [6.45, 7) is 6.11. The van der Waals surface area contributed by atoms with Crippen LogP contribution in [0.5, 0.6) is 5.75 Å². The normalized spacial score (nSPS) is 12.2. The number of methoxy groups -OCH3 is 1. The topological polar surface area (TPSA) is 47.0 Å². The molecule has 0 amide bonds. The van der Waals surface area contributed by atoms with Crippen molar-refractivity contribution in [2.45, 2.75) is 26.8 Å². The molecule has 1 unspecified atom stereocenters. The van der Waals surface area contributed by atoms with Gasteiger partial charge in [-0.25, -0.2) is 4.98 Å². The molecule has 0 saturated carbocycles. The number of pyridine rings is 1. The lowest BCUT2D eigenvalue weighted by atomic mass is 10.2. The number of hydrogen-bond acceptors (Lipinski definition) is 5. The first-order chi connectivity index (χ1) is 8.60. The van der Waals surface area contributed by atoms with Crippen LogP contribution >= 0.6 is 11.3 Å². The molecule has 0 aliphatic rings. The molecule has 2 rings (SSSR count). The smallest absolute Gasteiger partial charge is 0.160 e. The van der Waals surface area contributed by atoms with Gasteiger partial charge in [0.1, 0.15) is 5.01 Å². The van der Waals surface area contributed by atoms with Gasteiger partial charge < -0.3 is 10.1 Å². The number of rotatable bonds is 4. The molecule has 1 N–H and O–H groups in total. The van der Waals surface area contributed by atoms with Gasteiger partial charge in [0.15, 0.2) is 5.75 Å². The lowest BCUT2D eigenvalue weighted by Gasteiger charge is -2.15. The maximum absolute atomic E-state index is 5.30. The number of aromatic nitrogens is 2. The highest BCUT2D eigenvalue weighted by molar-refractivity contribution is 7.11. The summed E-state index contributed by atoms with van der Waals surface area (Å²) in [5.41, 5.74) is 1.91. The number of nitrogens with one attached hydrogen (secondary N) is 1. The van der Waals surface area contributed by atoms with Crippen molar-refractivity contribution in [1.82, 2.24) is 9.97 Å². The Morgan fingerprint density at radius 1 is 1.28 bits per heavy atom. The minimum absolute atomic E-state index is 0.152. The maximum atomic E-state index is 5.30. The van der Waals surface area contributed by atoms with Crippen molar-refractivity contribution in [3.05, 3.63) is 34.0 Å². The standard InChI is InChI=1S/C13H17N3OS/c1-8-5-11(12(17-4)7-14-8)16-10(3)13-15-6-9(2)18-13/h5-7,10H,1-4H3,(H,14,16). The van der Waals surface area contributed by atoms with Gasteiger partial charge in [-0.1, -0.05) is 0 Å². The van der Waals surface area contributed by atoms with Crippen molar-refractivity contribution >= 4 is 17.0 Å². The van der Waals surface area contributed by atoms with Crippen LogP contribution in [0, 0.1) is 13.8 Å². The quantitative estimate of drug-likeness (QED) is 0.919. The molecule has 0 fully saturated rings. The fraction of sp³-hybridized carbons (Fsp3) is 0.385. The summed E-state index contributed by atoms with van der Waals surface area (Å²) in [6, 6.07) is 2.13. The molecule has 1 atom stereocenters. The number of nitrogens with zero attached hydrogens (tertiary/aromatic N) is 2. The molecule has 96 valence electrons. The second kappa shape index (κ2) is 5.35. The lowest BCUT2D eigenvalue weighted by Crippen LogP contribution is -2.07. The van der Waals surface area contributed by atoms with Crippen LogP contribution < -0.4 is 10.1 Å². The minimum Gasteiger partial charge on any atom is -0.493 e. The molecular weight excluding hydrogens is 246 g/mol. The van der Waals surface area contributed by atoms with E-state index < -0.39 is 0 Å². The molecule has 5 heteroatoms. The molecule has 0 spiro atoms. The van der Waals surface area contributed by atoms with E-state index in [1.54, 1.807) is 24.6 Å². The molecule has 18 heavy (non-hydrogen) atoms. The second-order valence-corrected chi connectivity index (χ2v) is 5.47. The van der Waals surface area contributed by atoms with E-state index in [4.69, 9.17) is 4.74 Å². The monoisotopic (exact) mass is 263 g/mol. The van der Waals surface area contributed by atoms with E-state index in [-0.39, 0.29) is 6.04 Å². The van der Waals surface area contributed by atoms with Crippen LogP contribution in [0.1, 0.15) is 28.5 Å². The van der Waals surface area contributed by atoms with Gasteiger partial charge in [0.05, 0.1) is 25.0 Å². The zero-order valence-electron chi connectivity index (χ0n) is 11.0. The van der Waals surface area contributed by atoms with Crippen LogP contribution in [-0.4, -0.2) is 17.1 Å². The highest BCUT2D eigenvalue weighted by atomic mass is 32.1. The predicted octanol–water partition coefficient (Wildman–Crippen LogP) is 3.34. The van der Waals surface area contributed by atoms with E-state index >= 15 is 0 Å². The summed E-state index contributed by atoms with van der Waals surface area (Å²) in [5, 5.41) is 4.49. The Hall–Kier alpha value is -1.62. The van der Waals surface area contributed by atoms with E-state index in [1.165, 1.54) is 4.88 Å². The average molecular weight is 263 g/mol. The Labute approximate surface area is 111 Å². The van der Waals surface area contributed by atoms with Gasteiger partial charge in [-0.2, -0.15) is 0 Å². The molecule has 0 radical (unpaired) electrons. The molecule has 2 aromatic rings. The van der Waals surface area contributed by atoms with Crippen molar-refractivity contribution in [2.75, 3.05) is 12.4 Å². The molecule has 0 saturated heterocycles. The third-order valence-electron chi connectivity index (χ3n) is 2.61. The number of anilines is 1. The molecule has 0 aliphatic carbocycles. The fourth-order valence-corrected chi connectivity index (χ4v) is 2.47. The Kier molecular flexibility index (Phi) is 3.81. The molecule has 0 bridgehead atoms. The maximum Gasteiger partial charge on any atom is 0.160 e. The van der Waals surface area contributed by atoms with E-state index in [1.807, 2.05) is 19.2 Å². The van der Waals surface area contributed by atoms with Gasteiger partial charge in [-0.05, 0) is 26.8 Å². The lowest BCUT2D eigenvalue weighted by molar-refractivity contribution is 0.414. The minimum atomic E-state index is 0.152. The van der Waals surface area contributed by atoms with Crippen LogP contribution in [0.2, 0.25) is 0 Å². The van der Waals surface area contributed by atoms with Crippen LogP contribution in [-0.2, 0) is 0 Å². The zero-order valence-corrected chi connectivity index (χ0v) is 11.8.